The second-order valence-electron chi connectivity index (χ2n) is 4.44. The van der Waals surface area contributed by atoms with Gasteiger partial charge in [-0.15, -0.1) is 0 Å². The Kier molecular flexibility index (Phi) is 6.20. The molecule has 1 atom stereocenters. The molecule has 0 heterocycles. The van der Waals surface area contributed by atoms with Crippen molar-refractivity contribution in [3.05, 3.63) is 0 Å². The van der Waals surface area contributed by atoms with Crippen LogP contribution in [-0.4, -0.2) is 26.3 Å². The summed E-state index contributed by atoms with van der Waals surface area (Å²) < 4.78 is 5.73. The lowest BCUT2D eigenvalue weighted by Crippen LogP contribution is -2.26. The highest BCUT2D eigenvalue weighted by atomic mass is 16.5. The standard InChI is InChI=1S/C12H25NO/c1-3-5-12(8-13-4-2)10-14-9-11-6-7-11/h11-13H,3-10H2,1-2H3. The predicted molar refractivity (Wildman–Crippen MR) is 60.5 cm³/mol. The van der Waals surface area contributed by atoms with Gasteiger partial charge in [-0.1, -0.05) is 20.3 Å². The Morgan fingerprint density at radius 2 is 2.14 bits per heavy atom. The van der Waals surface area contributed by atoms with E-state index in [-0.39, 0.29) is 0 Å². The van der Waals surface area contributed by atoms with Gasteiger partial charge in [-0.05, 0) is 37.6 Å². The minimum atomic E-state index is 0.721. The van der Waals surface area contributed by atoms with Crippen molar-refractivity contribution in [1.29, 1.82) is 0 Å². The van der Waals surface area contributed by atoms with Gasteiger partial charge in [0.1, 0.15) is 0 Å². The van der Waals surface area contributed by atoms with E-state index in [1.165, 1.54) is 25.7 Å². The van der Waals surface area contributed by atoms with Crippen molar-refractivity contribution in [1.82, 2.24) is 5.32 Å². The van der Waals surface area contributed by atoms with E-state index in [9.17, 15) is 0 Å². The van der Waals surface area contributed by atoms with Crippen LogP contribution in [0.25, 0.3) is 0 Å². The van der Waals surface area contributed by atoms with Crippen molar-refractivity contribution in [2.75, 3.05) is 26.3 Å². The molecule has 1 aliphatic rings. The zero-order valence-electron chi connectivity index (χ0n) is 9.72. The SMILES string of the molecule is CCCC(CNCC)COCC1CC1. The summed E-state index contributed by atoms with van der Waals surface area (Å²) in [6, 6.07) is 0. The lowest BCUT2D eigenvalue weighted by atomic mass is 10.1. The van der Waals surface area contributed by atoms with Crippen LogP contribution < -0.4 is 5.32 Å². The Morgan fingerprint density at radius 3 is 2.71 bits per heavy atom. The van der Waals surface area contributed by atoms with Gasteiger partial charge in [-0.25, -0.2) is 0 Å². The van der Waals surface area contributed by atoms with Crippen LogP contribution in [-0.2, 0) is 4.74 Å². The highest BCUT2D eigenvalue weighted by Crippen LogP contribution is 2.28. The van der Waals surface area contributed by atoms with E-state index >= 15 is 0 Å². The van der Waals surface area contributed by atoms with Crippen LogP contribution >= 0.6 is 0 Å². The van der Waals surface area contributed by atoms with Gasteiger partial charge in [0.25, 0.3) is 0 Å². The van der Waals surface area contributed by atoms with Gasteiger partial charge in [-0.2, -0.15) is 0 Å². The van der Waals surface area contributed by atoms with Gasteiger partial charge in [0.15, 0.2) is 0 Å². The van der Waals surface area contributed by atoms with Crippen molar-refractivity contribution < 1.29 is 4.74 Å². The minimum Gasteiger partial charge on any atom is -0.381 e. The third-order valence-corrected chi connectivity index (χ3v) is 2.78. The molecule has 0 amide bonds. The zero-order chi connectivity index (χ0) is 10.2. The summed E-state index contributed by atoms with van der Waals surface area (Å²) in [7, 11) is 0. The summed E-state index contributed by atoms with van der Waals surface area (Å²) in [5.41, 5.74) is 0. The lowest BCUT2D eigenvalue weighted by molar-refractivity contribution is 0.0878. The monoisotopic (exact) mass is 199 g/mol. The first-order valence-corrected chi connectivity index (χ1v) is 6.15. The maximum absolute atomic E-state index is 5.73. The molecule has 0 bridgehead atoms. The number of rotatable bonds is 9. The Hall–Kier alpha value is -0.0800. The normalized spacial score (nSPS) is 18.4. The lowest BCUT2D eigenvalue weighted by Gasteiger charge is -2.16. The second kappa shape index (κ2) is 7.24. The van der Waals surface area contributed by atoms with Crippen LogP contribution in [0.5, 0.6) is 0 Å². The average molecular weight is 199 g/mol. The molecule has 0 aromatic rings. The quantitative estimate of drug-likeness (QED) is 0.616. The Bertz CT molecular complexity index is 134. The maximum atomic E-state index is 5.73. The summed E-state index contributed by atoms with van der Waals surface area (Å²) in [6.07, 6.45) is 5.35. The smallest absolute Gasteiger partial charge is 0.0506 e. The van der Waals surface area contributed by atoms with Crippen molar-refractivity contribution in [2.45, 2.75) is 39.5 Å². The fourth-order valence-corrected chi connectivity index (χ4v) is 1.69. The molecule has 0 aliphatic heterocycles. The summed E-state index contributed by atoms with van der Waals surface area (Å²) in [4.78, 5) is 0. The maximum Gasteiger partial charge on any atom is 0.0506 e. The molecule has 0 radical (unpaired) electrons. The van der Waals surface area contributed by atoms with Gasteiger partial charge in [0.2, 0.25) is 0 Å². The van der Waals surface area contributed by atoms with Crippen molar-refractivity contribution >= 4 is 0 Å². The van der Waals surface area contributed by atoms with Gasteiger partial charge in [0.05, 0.1) is 6.61 Å². The third-order valence-electron chi connectivity index (χ3n) is 2.78. The van der Waals surface area contributed by atoms with E-state index < -0.39 is 0 Å². The molecular formula is C12H25NO. The van der Waals surface area contributed by atoms with Gasteiger partial charge in [-0.3, -0.25) is 0 Å². The van der Waals surface area contributed by atoms with Crippen LogP contribution in [0.4, 0.5) is 0 Å². The summed E-state index contributed by atoms with van der Waals surface area (Å²) in [5, 5.41) is 3.41. The van der Waals surface area contributed by atoms with Crippen LogP contribution in [0.15, 0.2) is 0 Å². The van der Waals surface area contributed by atoms with Gasteiger partial charge < -0.3 is 10.1 Å². The van der Waals surface area contributed by atoms with E-state index in [1.54, 1.807) is 0 Å². The van der Waals surface area contributed by atoms with E-state index in [0.717, 1.165) is 38.1 Å². The van der Waals surface area contributed by atoms with E-state index in [2.05, 4.69) is 19.2 Å². The van der Waals surface area contributed by atoms with E-state index in [1.807, 2.05) is 0 Å². The first-order valence-electron chi connectivity index (χ1n) is 6.15. The third kappa shape index (κ3) is 5.61. The molecule has 2 heteroatoms. The van der Waals surface area contributed by atoms with E-state index in [4.69, 9.17) is 4.74 Å². The molecule has 1 saturated carbocycles. The number of nitrogens with one attached hydrogen (secondary N) is 1. The largest absolute Gasteiger partial charge is 0.381 e. The molecule has 1 unspecified atom stereocenters. The predicted octanol–water partition coefficient (Wildman–Crippen LogP) is 2.44. The van der Waals surface area contributed by atoms with E-state index in [0.29, 0.717) is 0 Å². The second-order valence-corrected chi connectivity index (χ2v) is 4.44. The molecule has 2 nitrogen and oxygen atoms in total. The molecule has 14 heavy (non-hydrogen) atoms. The molecular weight excluding hydrogens is 174 g/mol. The molecule has 1 aliphatic carbocycles. The average Bonchev–Trinajstić information content (AvgIpc) is 2.98. The molecule has 0 aromatic heterocycles. The highest BCUT2D eigenvalue weighted by Gasteiger charge is 2.21. The highest BCUT2D eigenvalue weighted by molar-refractivity contribution is 4.72. The summed E-state index contributed by atoms with van der Waals surface area (Å²) >= 11 is 0. The molecule has 0 saturated heterocycles. The number of hydrogen-bond acceptors (Lipinski definition) is 2. The Labute approximate surface area is 88.4 Å². The van der Waals surface area contributed by atoms with Gasteiger partial charge in [0, 0.05) is 13.2 Å². The fraction of sp³-hybridized carbons (Fsp3) is 1.00. The summed E-state index contributed by atoms with van der Waals surface area (Å²) in [6.45, 7) is 8.56. The molecule has 1 N–H and O–H groups in total. The fourth-order valence-electron chi connectivity index (χ4n) is 1.69. The van der Waals surface area contributed by atoms with Crippen LogP contribution in [0.3, 0.4) is 0 Å². The molecule has 1 rings (SSSR count). The van der Waals surface area contributed by atoms with Crippen LogP contribution in [0.2, 0.25) is 0 Å². The Morgan fingerprint density at radius 1 is 1.36 bits per heavy atom. The first-order chi connectivity index (χ1) is 6.86. The number of hydrogen-bond donors (Lipinski definition) is 1. The molecule has 0 aromatic carbocycles. The van der Waals surface area contributed by atoms with Crippen LogP contribution in [0.1, 0.15) is 39.5 Å². The van der Waals surface area contributed by atoms with Gasteiger partial charge >= 0.3 is 0 Å². The van der Waals surface area contributed by atoms with Crippen molar-refractivity contribution in [3.8, 4) is 0 Å². The Balaban J connectivity index is 1.99. The summed E-state index contributed by atoms with van der Waals surface area (Å²) in [5.74, 6) is 1.62. The topological polar surface area (TPSA) is 21.3 Å². The first kappa shape index (κ1) is 12.0. The molecule has 84 valence electrons. The number of ether oxygens (including phenoxy) is 1. The van der Waals surface area contributed by atoms with Crippen molar-refractivity contribution in [2.24, 2.45) is 11.8 Å². The minimum absolute atomic E-state index is 0.721. The zero-order valence-corrected chi connectivity index (χ0v) is 9.72. The van der Waals surface area contributed by atoms with Crippen molar-refractivity contribution in [3.63, 3.8) is 0 Å². The van der Waals surface area contributed by atoms with Crippen LogP contribution in [0, 0.1) is 11.8 Å². The molecule has 1 fully saturated rings. The molecule has 0 spiro atoms.